The molecule has 1 aromatic carbocycles. The van der Waals surface area contributed by atoms with Crippen LogP contribution in [0.15, 0.2) is 30.3 Å². The van der Waals surface area contributed by atoms with Gasteiger partial charge in [0.1, 0.15) is 0 Å². The summed E-state index contributed by atoms with van der Waals surface area (Å²) >= 11 is 1.68. The van der Waals surface area contributed by atoms with Gasteiger partial charge in [-0.3, -0.25) is 4.79 Å². The zero-order chi connectivity index (χ0) is 16.2. The van der Waals surface area contributed by atoms with Crippen molar-refractivity contribution in [2.45, 2.75) is 31.9 Å². The maximum absolute atomic E-state index is 12.0. The molecule has 1 saturated heterocycles. The molecule has 1 aromatic heterocycles. The van der Waals surface area contributed by atoms with Crippen molar-refractivity contribution < 1.29 is 9.90 Å². The van der Waals surface area contributed by atoms with E-state index < -0.39 is 6.10 Å². The Hall–Kier alpha value is -1.18. The number of nitrogens with one attached hydrogen (secondary N) is 2. The molecule has 0 bridgehead atoms. The molecule has 1 aliphatic heterocycles. The molecule has 138 valence electrons. The number of aliphatic hydroxyl groups is 1. The number of halogens is 2. The lowest BCUT2D eigenvalue weighted by Crippen LogP contribution is -2.41. The molecular formula is C17H23Cl2N3O2S. The Morgan fingerprint density at radius 1 is 1.36 bits per heavy atom. The van der Waals surface area contributed by atoms with E-state index >= 15 is 0 Å². The first-order valence-corrected chi connectivity index (χ1v) is 8.66. The Morgan fingerprint density at radius 2 is 2.08 bits per heavy atom. The normalized spacial score (nSPS) is 19.0. The summed E-state index contributed by atoms with van der Waals surface area (Å²) in [5, 5.41) is 16.4. The van der Waals surface area contributed by atoms with Gasteiger partial charge in [-0.25, -0.2) is 4.98 Å². The fraction of sp³-hybridized carbons (Fsp3) is 0.412. The van der Waals surface area contributed by atoms with Gasteiger partial charge in [0, 0.05) is 30.0 Å². The van der Waals surface area contributed by atoms with Crippen molar-refractivity contribution in [1.82, 2.24) is 15.6 Å². The van der Waals surface area contributed by atoms with Gasteiger partial charge in [-0.1, -0.05) is 30.3 Å². The number of aromatic nitrogens is 1. The summed E-state index contributed by atoms with van der Waals surface area (Å²) in [5.41, 5.74) is 2.15. The summed E-state index contributed by atoms with van der Waals surface area (Å²) in [5.74, 6) is -0.0434. The summed E-state index contributed by atoms with van der Waals surface area (Å²) in [6, 6.07) is 9.86. The Bertz CT molecular complexity index is 682. The van der Waals surface area contributed by atoms with Crippen molar-refractivity contribution >= 4 is 42.1 Å². The minimum atomic E-state index is -0.416. The van der Waals surface area contributed by atoms with Crippen LogP contribution in [0.2, 0.25) is 0 Å². The number of aliphatic hydroxyl groups excluding tert-OH is 1. The Morgan fingerprint density at radius 3 is 2.72 bits per heavy atom. The second-order valence-electron chi connectivity index (χ2n) is 5.77. The van der Waals surface area contributed by atoms with E-state index in [1.807, 2.05) is 18.2 Å². The van der Waals surface area contributed by atoms with Gasteiger partial charge in [0.2, 0.25) is 5.91 Å². The van der Waals surface area contributed by atoms with Crippen LogP contribution >= 0.6 is 36.2 Å². The second-order valence-corrected chi connectivity index (χ2v) is 7.06. The minimum Gasteiger partial charge on any atom is -0.392 e. The fourth-order valence-corrected chi connectivity index (χ4v) is 3.71. The largest absolute Gasteiger partial charge is 0.392 e. The van der Waals surface area contributed by atoms with Gasteiger partial charge in [-0.2, -0.15) is 0 Å². The van der Waals surface area contributed by atoms with Crippen LogP contribution in [-0.4, -0.2) is 41.2 Å². The predicted octanol–water partition coefficient (Wildman–Crippen LogP) is 2.34. The number of thiazole rings is 1. The average molecular weight is 404 g/mol. The molecule has 1 fully saturated rings. The highest BCUT2D eigenvalue weighted by Crippen LogP contribution is 2.27. The molecular weight excluding hydrogens is 381 g/mol. The van der Waals surface area contributed by atoms with Crippen LogP contribution in [0.25, 0.3) is 11.3 Å². The summed E-state index contributed by atoms with van der Waals surface area (Å²) < 4.78 is 0. The summed E-state index contributed by atoms with van der Waals surface area (Å²) in [7, 11) is 0. The van der Waals surface area contributed by atoms with Crippen LogP contribution in [0, 0.1) is 6.92 Å². The van der Waals surface area contributed by atoms with Crippen molar-refractivity contribution in [2.75, 3.05) is 13.1 Å². The highest BCUT2D eigenvalue weighted by molar-refractivity contribution is 7.12. The molecule has 0 aliphatic carbocycles. The zero-order valence-corrected chi connectivity index (χ0v) is 16.3. The van der Waals surface area contributed by atoms with E-state index in [4.69, 9.17) is 4.98 Å². The third-order valence-corrected chi connectivity index (χ3v) is 4.98. The van der Waals surface area contributed by atoms with Gasteiger partial charge in [0.15, 0.2) is 0 Å². The van der Waals surface area contributed by atoms with E-state index in [2.05, 4.69) is 29.7 Å². The molecule has 0 saturated carbocycles. The maximum atomic E-state index is 12.0. The Kier molecular flexibility index (Phi) is 8.82. The van der Waals surface area contributed by atoms with E-state index in [9.17, 15) is 9.90 Å². The molecule has 2 aromatic rings. The third kappa shape index (κ3) is 5.66. The number of benzene rings is 1. The van der Waals surface area contributed by atoms with Crippen LogP contribution in [0.4, 0.5) is 0 Å². The highest BCUT2D eigenvalue weighted by Gasteiger charge is 2.27. The lowest BCUT2D eigenvalue weighted by molar-refractivity contribution is -0.122. The number of β-amino-alcohol motifs (C(OH)–C–C–N with tert-alkyl or cyclic N) is 1. The van der Waals surface area contributed by atoms with Gasteiger partial charge in [0.25, 0.3) is 0 Å². The highest BCUT2D eigenvalue weighted by atomic mass is 35.5. The van der Waals surface area contributed by atoms with Crippen molar-refractivity contribution in [1.29, 1.82) is 0 Å². The van der Waals surface area contributed by atoms with Gasteiger partial charge in [0.05, 0.1) is 22.8 Å². The lowest BCUT2D eigenvalue weighted by atomic mass is 10.1. The van der Waals surface area contributed by atoms with Crippen LogP contribution < -0.4 is 10.6 Å². The molecule has 5 nitrogen and oxygen atoms in total. The molecule has 0 radical (unpaired) electrons. The second kappa shape index (κ2) is 10.1. The van der Waals surface area contributed by atoms with E-state index in [0.717, 1.165) is 22.7 Å². The topological polar surface area (TPSA) is 74.2 Å². The van der Waals surface area contributed by atoms with Crippen molar-refractivity contribution in [3.05, 3.63) is 40.2 Å². The van der Waals surface area contributed by atoms with Crippen molar-refractivity contribution in [2.24, 2.45) is 0 Å². The first kappa shape index (κ1) is 21.9. The first-order chi connectivity index (χ1) is 11.1. The number of carbonyl (C=O) groups is 1. The molecule has 2 unspecified atom stereocenters. The Labute approximate surface area is 164 Å². The van der Waals surface area contributed by atoms with E-state index in [1.165, 1.54) is 4.88 Å². The van der Waals surface area contributed by atoms with Crippen LogP contribution in [-0.2, 0) is 11.2 Å². The number of aryl methyl sites for hydroxylation is 1. The van der Waals surface area contributed by atoms with Crippen molar-refractivity contribution in [3.63, 3.8) is 0 Å². The van der Waals surface area contributed by atoms with Gasteiger partial charge >= 0.3 is 0 Å². The number of rotatable bonds is 5. The standard InChI is InChI=1S/C17H21N3O2S.2ClH/c1-11-16(12-5-3-2-4-6-12)20-15(23-11)7-8-18-17(22)14-9-13(21)10-19-14;;/h2-6,13-14,19,21H,7-10H2,1H3,(H,18,22);2*1H. The zero-order valence-electron chi connectivity index (χ0n) is 13.9. The van der Waals surface area contributed by atoms with E-state index in [1.54, 1.807) is 11.3 Å². The molecule has 8 heteroatoms. The van der Waals surface area contributed by atoms with E-state index in [-0.39, 0.29) is 36.8 Å². The molecule has 1 amide bonds. The first-order valence-electron chi connectivity index (χ1n) is 7.84. The van der Waals surface area contributed by atoms with Crippen LogP contribution in [0.5, 0.6) is 0 Å². The molecule has 0 spiro atoms. The van der Waals surface area contributed by atoms with Gasteiger partial charge < -0.3 is 15.7 Å². The predicted molar refractivity (Wildman–Crippen MR) is 106 cm³/mol. The van der Waals surface area contributed by atoms with Crippen molar-refractivity contribution in [3.8, 4) is 11.3 Å². The molecule has 2 heterocycles. The SMILES string of the molecule is Cc1sc(CCNC(=O)C2CC(O)CN2)nc1-c1ccccc1.Cl.Cl. The molecule has 3 N–H and O–H groups in total. The van der Waals surface area contributed by atoms with Gasteiger partial charge in [-0.05, 0) is 13.3 Å². The molecule has 1 aliphatic rings. The fourth-order valence-electron chi connectivity index (χ4n) is 2.75. The van der Waals surface area contributed by atoms with Crippen LogP contribution in [0.1, 0.15) is 16.3 Å². The number of hydrogen-bond acceptors (Lipinski definition) is 5. The van der Waals surface area contributed by atoms with Gasteiger partial charge in [-0.15, -0.1) is 36.2 Å². The van der Waals surface area contributed by atoms with E-state index in [0.29, 0.717) is 19.5 Å². The monoisotopic (exact) mass is 403 g/mol. The summed E-state index contributed by atoms with van der Waals surface area (Å²) in [6.45, 7) is 3.13. The molecule has 2 atom stereocenters. The summed E-state index contributed by atoms with van der Waals surface area (Å²) in [4.78, 5) is 17.9. The third-order valence-electron chi connectivity index (χ3n) is 3.95. The summed E-state index contributed by atoms with van der Waals surface area (Å²) in [6.07, 6.45) is 0.792. The number of carbonyl (C=O) groups excluding carboxylic acids is 1. The average Bonchev–Trinajstić information content (AvgIpc) is 3.14. The minimum absolute atomic E-state index is 0. The number of nitrogens with zero attached hydrogens (tertiary/aromatic N) is 1. The molecule has 25 heavy (non-hydrogen) atoms. The number of hydrogen-bond donors (Lipinski definition) is 3. The lowest BCUT2D eigenvalue weighted by Gasteiger charge is -2.10. The molecule has 3 rings (SSSR count). The Balaban J connectivity index is 0.00000156. The number of amides is 1. The maximum Gasteiger partial charge on any atom is 0.237 e. The smallest absolute Gasteiger partial charge is 0.237 e. The van der Waals surface area contributed by atoms with Crippen LogP contribution in [0.3, 0.4) is 0 Å². The quantitative estimate of drug-likeness (QED) is 0.715.